The molecule has 1 atom stereocenters. The molecule has 0 bridgehead atoms. The lowest BCUT2D eigenvalue weighted by molar-refractivity contribution is 0.0963. The molecule has 0 amide bonds. The van der Waals surface area contributed by atoms with Crippen molar-refractivity contribution in [2.75, 3.05) is 0 Å². The molecule has 0 radical (unpaired) electrons. The average molecular weight is 168 g/mol. The van der Waals surface area contributed by atoms with Crippen molar-refractivity contribution in [3.05, 3.63) is 11.9 Å². The van der Waals surface area contributed by atoms with Crippen LogP contribution in [0.3, 0.4) is 0 Å². The van der Waals surface area contributed by atoms with Crippen LogP contribution in [0.4, 0.5) is 0 Å². The number of nitrogens with two attached hydrogens (primary N) is 1. The molecular formula is C7H12N4O. The number of aryl methyl sites for hydroxylation is 1. The van der Waals surface area contributed by atoms with Crippen molar-refractivity contribution in [2.45, 2.75) is 26.4 Å². The van der Waals surface area contributed by atoms with E-state index in [1.54, 1.807) is 17.8 Å². The number of nitrogens with zero attached hydrogens (tertiary/aromatic N) is 3. The highest BCUT2D eigenvalue weighted by molar-refractivity contribution is 5.97. The van der Waals surface area contributed by atoms with Gasteiger partial charge in [0.05, 0.1) is 12.2 Å². The van der Waals surface area contributed by atoms with Crippen molar-refractivity contribution < 1.29 is 4.79 Å². The summed E-state index contributed by atoms with van der Waals surface area (Å²) in [6.07, 6.45) is 1.60. The van der Waals surface area contributed by atoms with Crippen LogP contribution in [-0.4, -0.2) is 26.8 Å². The van der Waals surface area contributed by atoms with Gasteiger partial charge in [-0.1, -0.05) is 5.21 Å². The summed E-state index contributed by atoms with van der Waals surface area (Å²) in [5.41, 5.74) is 5.73. The van der Waals surface area contributed by atoms with Crippen LogP contribution in [0.1, 0.15) is 24.3 Å². The Bertz CT molecular complexity index is 279. The average Bonchev–Trinajstić information content (AvgIpc) is 2.50. The second-order valence-corrected chi connectivity index (χ2v) is 2.61. The fourth-order valence-electron chi connectivity index (χ4n) is 0.799. The maximum Gasteiger partial charge on any atom is 0.201 e. The first kappa shape index (κ1) is 8.86. The molecule has 0 fully saturated rings. The van der Waals surface area contributed by atoms with Crippen LogP contribution in [0.2, 0.25) is 0 Å². The second-order valence-electron chi connectivity index (χ2n) is 2.61. The van der Waals surface area contributed by atoms with E-state index in [2.05, 4.69) is 10.3 Å². The van der Waals surface area contributed by atoms with Crippen LogP contribution in [-0.2, 0) is 6.54 Å². The van der Waals surface area contributed by atoms with Gasteiger partial charge in [-0.15, -0.1) is 5.10 Å². The summed E-state index contributed by atoms with van der Waals surface area (Å²) in [5.74, 6) is -0.172. The first-order chi connectivity index (χ1) is 5.65. The third kappa shape index (κ3) is 1.68. The molecule has 0 saturated carbocycles. The Labute approximate surface area is 70.6 Å². The molecule has 66 valence electrons. The smallest absolute Gasteiger partial charge is 0.201 e. The van der Waals surface area contributed by atoms with Gasteiger partial charge in [-0.05, 0) is 13.8 Å². The summed E-state index contributed by atoms with van der Waals surface area (Å²) in [4.78, 5) is 11.2. The van der Waals surface area contributed by atoms with Gasteiger partial charge in [0.15, 0.2) is 0 Å². The van der Waals surface area contributed by atoms with Gasteiger partial charge in [0, 0.05) is 6.54 Å². The molecule has 5 nitrogen and oxygen atoms in total. The highest BCUT2D eigenvalue weighted by Gasteiger charge is 2.13. The first-order valence-corrected chi connectivity index (χ1v) is 3.85. The van der Waals surface area contributed by atoms with E-state index in [0.717, 1.165) is 0 Å². The number of aromatic nitrogens is 3. The minimum absolute atomic E-state index is 0.172. The topological polar surface area (TPSA) is 73.8 Å². The van der Waals surface area contributed by atoms with Gasteiger partial charge in [-0.25, -0.2) is 0 Å². The summed E-state index contributed by atoms with van der Waals surface area (Å²) in [6, 6.07) is -0.507. The zero-order valence-electron chi connectivity index (χ0n) is 7.19. The van der Waals surface area contributed by atoms with E-state index in [0.29, 0.717) is 12.2 Å². The van der Waals surface area contributed by atoms with Gasteiger partial charge in [0.25, 0.3) is 0 Å². The Morgan fingerprint density at radius 2 is 2.50 bits per heavy atom. The van der Waals surface area contributed by atoms with Crippen molar-refractivity contribution in [2.24, 2.45) is 5.73 Å². The Morgan fingerprint density at radius 1 is 1.83 bits per heavy atom. The largest absolute Gasteiger partial charge is 0.321 e. The standard InChI is InChI=1S/C7H12N4O/c1-3-11-4-6(9-10-11)7(12)5(2)8/h4-5H,3,8H2,1-2H3. The minimum atomic E-state index is -0.507. The third-order valence-electron chi connectivity index (χ3n) is 1.53. The number of Topliss-reactive ketones (excluding diaryl/α,β-unsaturated/α-hetero) is 1. The normalized spacial score (nSPS) is 12.9. The van der Waals surface area contributed by atoms with Gasteiger partial charge in [0.1, 0.15) is 5.69 Å². The van der Waals surface area contributed by atoms with Crippen molar-refractivity contribution in [3.63, 3.8) is 0 Å². The van der Waals surface area contributed by atoms with Gasteiger partial charge >= 0.3 is 0 Å². The molecule has 0 spiro atoms. The summed E-state index contributed by atoms with van der Waals surface area (Å²) in [5, 5.41) is 7.42. The van der Waals surface area contributed by atoms with E-state index in [9.17, 15) is 4.79 Å². The van der Waals surface area contributed by atoms with E-state index in [-0.39, 0.29) is 5.78 Å². The third-order valence-corrected chi connectivity index (χ3v) is 1.53. The van der Waals surface area contributed by atoms with Crippen LogP contribution in [0.15, 0.2) is 6.20 Å². The van der Waals surface area contributed by atoms with Crippen molar-refractivity contribution in [1.29, 1.82) is 0 Å². The van der Waals surface area contributed by atoms with Crippen LogP contribution >= 0.6 is 0 Å². The molecule has 1 aromatic heterocycles. The van der Waals surface area contributed by atoms with Gasteiger partial charge in [0.2, 0.25) is 5.78 Å². The Balaban J connectivity index is 2.82. The summed E-state index contributed by atoms with van der Waals surface area (Å²) in [6.45, 7) is 4.27. The molecule has 12 heavy (non-hydrogen) atoms. The Hall–Kier alpha value is -1.23. The SMILES string of the molecule is CCn1cc(C(=O)C(C)N)nn1. The Kier molecular flexibility index (Phi) is 2.54. The predicted molar refractivity (Wildman–Crippen MR) is 43.7 cm³/mol. The Morgan fingerprint density at radius 3 is 2.92 bits per heavy atom. The van der Waals surface area contributed by atoms with Crippen LogP contribution in [0.25, 0.3) is 0 Å². The molecule has 5 heteroatoms. The maximum absolute atomic E-state index is 11.2. The van der Waals surface area contributed by atoms with Crippen LogP contribution < -0.4 is 5.73 Å². The molecule has 2 N–H and O–H groups in total. The zero-order chi connectivity index (χ0) is 9.14. The van der Waals surface area contributed by atoms with E-state index >= 15 is 0 Å². The van der Waals surface area contributed by atoms with Crippen molar-refractivity contribution >= 4 is 5.78 Å². The van der Waals surface area contributed by atoms with Crippen LogP contribution in [0.5, 0.6) is 0 Å². The molecular weight excluding hydrogens is 156 g/mol. The molecule has 0 saturated heterocycles. The highest BCUT2D eigenvalue weighted by atomic mass is 16.1. The molecule has 0 aliphatic rings. The van der Waals surface area contributed by atoms with E-state index < -0.39 is 6.04 Å². The predicted octanol–water partition coefficient (Wildman–Crippen LogP) is -0.172. The minimum Gasteiger partial charge on any atom is -0.321 e. The number of hydrogen-bond acceptors (Lipinski definition) is 4. The number of carbonyl (C=O) groups excluding carboxylic acids is 1. The lowest BCUT2D eigenvalue weighted by Crippen LogP contribution is -2.26. The van der Waals surface area contributed by atoms with Crippen LogP contribution in [0, 0.1) is 0 Å². The lowest BCUT2D eigenvalue weighted by Gasteiger charge is -1.97. The van der Waals surface area contributed by atoms with Gasteiger partial charge in [-0.3, -0.25) is 9.48 Å². The molecule has 1 rings (SSSR count). The highest BCUT2D eigenvalue weighted by Crippen LogP contribution is 1.96. The number of hydrogen-bond donors (Lipinski definition) is 1. The summed E-state index contributed by atoms with van der Waals surface area (Å²) < 4.78 is 1.59. The number of carbonyl (C=O) groups is 1. The van der Waals surface area contributed by atoms with Gasteiger partial charge < -0.3 is 5.73 Å². The van der Waals surface area contributed by atoms with E-state index in [4.69, 9.17) is 5.73 Å². The molecule has 1 aromatic rings. The monoisotopic (exact) mass is 168 g/mol. The van der Waals surface area contributed by atoms with Gasteiger partial charge in [-0.2, -0.15) is 0 Å². The van der Waals surface area contributed by atoms with Crippen molar-refractivity contribution in [3.8, 4) is 0 Å². The first-order valence-electron chi connectivity index (χ1n) is 3.85. The van der Waals surface area contributed by atoms with E-state index in [1.807, 2.05) is 6.92 Å². The summed E-state index contributed by atoms with van der Waals surface area (Å²) in [7, 11) is 0. The summed E-state index contributed by atoms with van der Waals surface area (Å²) >= 11 is 0. The lowest BCUT2D eigenvalue weighted by atomic mass is 10.2. The fourth-order valence-corrected chi connectivity index (χ4v) is 0.799. The second kappa shape index (κ2) is 3.44. The maximum atomic E-state index is 11.2. The molecule has 1 unspecified atom stereocenters. The molecule has 0 aliphatic heterocycles. The molecule has 0 aromatic carbocycles. The number of ketones is 1. The molecule has 0 aliphatic carbocycles. The zero-order valence-corrected chi connectivity index (χ0v) is 7.19. The number of rotatable bonds is 3. The molecule has 1 heterocycles. The quantitative estimate of drug-likeness (QED) is 0.636. The van der Waals surface area contributed by atoms with E-state index in [1.165, 1.54) is 0 Å². The fraction of sp³-hybridized carbons (Fsp3) is 0.571. The van der Waals surface area contributed by atoms with Crippen molar-refractivity contribution in [1.82, 2.24) is 15.0 Å².